The van der Waals surface area contributed by atoms with E-state index in [1.54, 1.807) is 0 Å². The lowest BCUT2D eigenvalue weighted by atomic mass is 9.99. The summed E-state index contributed by atoms with van der Waals surface area (Å²) in [6.07, 6.45) is 2.46. The van der Waals surface area contributed by atoms with Crippen LogP contribution in [0.5, 0.6) is 0 Å². The van der Waals surface area contributed by atoms with Gasteiger partial charge >= 0.3 is 0 Å². The van der Waals surface area contributed by atoms with Crippen molar-refractivity contribution in [2.45, 2.75) is 32.2 Å². The van der Waals surface area contributed by atoms with Crippen LogP contribution < -0.4 is 5.32 Å². The van der Waals surface area contributed by atoms with E-state index in [1.165, 1.54) is 12.8 Å². The summed E-state index contributed by atoms with van der Waals surface area (Å²) in [7, 11) is 0. The van der Waals surface area contributed by atoms with E-state index in [0.29, 0.717) is 5.92 Å². The average Bonchev–Trinajstić information content (AvgIpc) is 2.66. The molecule has 0 spiro atoms. The zero-order chi connectivity index (χ0) is 8.48. The molecule has 0 aromatic rings. The largest absolute Gasteiger partial charge is 0.350 e. The zero-order valence-corrected chi connectivity index (χ0v) is 7.74. The van der Waals surface area contributed by atoms with E-state index in [2.05, 4.69) is 19.2 Å². The molecule has 0 aliphatic heterocycles. The smallest absolute Gasteiger partial charge is 0.235 e. The molecule has 3 heteroatoms. The van der Waals surface area contributed by atoms with Crippen molar-refractivity contribution in [2.24, 2.45) is 5.92 Å². The molecule has 1 rings (SSSR count). The molecule has 0 saturated heterocycles. The normalized spacial score (nSPS) is 18.1. The van der Waals surface area contributed by atoms with Gasteiger partial charge in [-0.25, -0.2) is 0 Å². The molecule has 1 saturated carbocycles. The van der Waals surface area contributed by atoms with Crippen molar-refractivity contribution in [3.63, 3.8) is 0 Å². The number of hydrogen-bond donors (Lipinski definition) is 1. The van der Waals surface area contributed by atoms with E-state index in [-0.39, 0.29) is 17.3 Å². The predicted octanol–water partition coefficient (Wildman–Crippen LogP) is 1.53. The third kappa shape index (κ3) is 2.37. The maximum atomic E-state index is 10.9. The lowest BCUT2D eigenvalue weighted by Crippen LogP contribution is -2.45. The molecule has 1 aliphatic carbocycles. The molecule has 0 heterocycles. The summed E-state index contributed by atoms with van der Waals surface area (Å²) < 4.78 is 0. The zero-order valence-electron chi connectivity index (χ0n) is 6.98. The van der Waals surface area contributed by atoms with E-state index in [4.69, 9.17) is 11.6 Å². The first kappa shape index (κ1) is 8.85. The van der Waals surface area contributed by atoms with Gasteiger partial charge in [-0.2, -0.15) is 0 Å². The average molecular weight is 176 g/mol. The second-order valence-electron chi connectivity index (χ2n) is 3.68. The molecule has 1 amide bonds. The van der Waals surface area contributed by atoms with Crippen molar-refractivity contribution in [1.82, 2.24) is 5.32 Å². The molecule has 1 N–H and O–H groups in total. The summed E-state index contributed by atoms with van der Waals surface area (Å²) in [5.74, 6) is 0.661. The highest BCUT2D eigenvalue weighted by Gasteiger charge is 2.38. The summed E-state index contributed by atoms with van der Waals surface area (Å²) >= 11 is 5.37. The molecule has 0 aromatic carbocycles. The van der Waals surface area contributed by atoms with Crippen molar-refractivity contribution >= 4 is 17.5 Å². The Morgan fingerprint density at radius 1 is 1.64 bits per heavy atom. The highest BCUT2D eigenvalue weighted by Crippen LogP contribution is 2.39. The molecule has 11 heavy (non-hydrogen) atoms. The molecule has 0 aromatic heterocycles. The molecule has 1 fully saturated rings. The van der Waals surface area contributed by atoms with E-state index < -0.39 is 0 Å². The predicted molar refractivity (Wildman–Crippen MR) is 45.7 cm³/mol. The second-order valence-corrected chi connectivity index (χ2v) is 3.95. The summed E-state index contributed by atoms with van der Waals surface area (Å²) in [5, 5.41) is 2.90. The fourth-order valence-electron chi connectivity index (χ4n) is 1.30. The third-order valence-corrected chi connectivity index (χ3v) is 2.42. The SMILES string of the molecule is CC(C)(NC(=O)CCl)C1CC1. The van der Waals surface area contributed by atoms with Gasteiger partial charge in [-0.3, -0.25) is 4.79 Å². The molecule has 0 radical (unpaired) electrons. The minimum absolute atomic E-state index is 0.0496. The molecule has 0 bridgehead atoms. The maximum absolute atomic E-state index is 10.9. The first-order chi connectivity index (χ1) is 5.06. The number of carbonyl (C=O) groups excluding carboxylic acids is 1. The Morgan fingerprint density at radius 2 is 2.18 bits per heavy atom. The van der Waals surface area contributed by atoms with Crippen molar-refractivity contribution in [1.29, 1.82) is 0 Å². The van der Waals surface area contributed by atoms with Crippen LogP contribution in [0.2, 0.25) is 0 Å². The quantitative estimate of drug-likeness (QED) is 0.648. The summed E-state index contributed by atoms with van der Waals surface area (Å²) in [6, 6.07) is 0. The van der Waals surface area contributed by atoms with Crippen LogP contribution in [-0.4, -0.2) is 17.3 Å². The number of alkyl halides is 1. The Bertz CT molecular complexity index is 163. The van der Waals surface area contributed by atoms with Gasteiger partial charge in [0.2, 0.25) is 5.91 Å². The summed E-state index contributed by atoms with van der Waals surface area (Å²) in [6.45, 7) is 4.10. The van der Waals surface area contributed by atoms with E-state index in [9.17, 15) is 4.79 Å². The van der Waals surface area contributed by atoms with Crippen LogP contribution in [0.4, 0.5) is 0 Å². The lowest BCUT2D eigenvalue weighted by molar-refractivity contribution is -0.120. The van der Waals surface area contributed by atoms with Crippen LogP contribution in [0.1, 0.15) is 26.7 Å². The fraction of sp³-hybridized carbons (Fsp3) is 0.875. The number of carbonyl (C=O) groups is 1. The van der Waals surface area contributed by atoms with Gasteiger partial charge in [-0.15, -0.1) is 11.6 Å². The van der Waals surface area contributed by atoms with Crippen LogP contribution in [0.3, 0.4) is 0 Å². The first-order valence-electron chi connectivity index (χ1n) is 3.93. The summed E-state index contributed by atoms with van der Waals surface area (Å²) in [5.41, 5.74) is -0.0496. The molecule has 0 atom stereocenters. The molecule has 64 valence electrons. The van der Waals surface area contributed by atoms with Crippen LogP contribution in [0.15, 0.2) is 0 Å². The number of hydrogen-bond acceptors (Lipinski definition) is 1. The fourth-order valence-corrected chi connectivity index (χ4v) is 1.37. The molecule has 1 aliphatic rings. The van der Waals surface area contributed by atoms with Gasteiger partial charge in [0.25, 0.3) is 0 Å². The minimum Gasteiger partial charge on any atom is -0.350 e. The second kappa shape index (κ2) is 3.02. The van der Waals surface area contributed by atoms with Gasteiger partial charge in [0.1, 0.15) is 5.88 Å². The monoisotopic (exact) mass is 175 g/mol. The first-order valence-corrected chi connectivity index (χ1v) is 4.46. The number of amides is 1. The Kier molecular flexibility index (Phi) is 2.43. The molecular formula is C8H14ClNO. The highest BCUT2D eigenvalue weighted by atomic mass is 35.5. The van der Waals surface area contributed by atoms with Crippen molar-refractivity contribution in [3.05, 3.63) is 0 Å². The third-order valence-electron chi connectivity index (χ3n) is 2.18. The van der Waals surface area contributed by atoms with Gasteiger partial charge in [0, 0.05) is 5.54 Å². The molecule has 2 nitrogen and oxygen atoms in total. The topological polar surface area (TPSA) is 29.1 Å². The van der Waals surface area contributed by atoms with Crippen molar-refractivity contribution in [2.75, 3.05) is 5.88 Å². The number of halogens is 1. The Balaban J connectivity index is 2.38. The lowest BCUT2D eigenvalue weighted by Gasteiger charge is -2.25. The Hall–Kier alpha value is -0.240. The van der Waals surface area contributed by atoms with Crippen molar-refractivity contribution in [3.8, 4) is 0 Å². The standard InChI is InChI=1S/C8H14ClNO/c1-8(2,6-3-4-6)10-7(11)5-9/h6H,3-5H2,1-2H3,(H,10,11). The number of rotatable bonds is 3. The van der Waals surface area contributed by atoms with Gasteiger partial charge in [0.15, 0.2) is 0 Å². The van der Waals surface area contributed by atoms with E-state index in [1.807, 2.05) is 0 Å². The molecular weight excluding hydrogens is 162 g/mol. The Labute approximate surface area is 72.3 Å². The van der Waals surface area contributed by atoms with Crippen molar-refractivity contribution < 1.29 is 4.79 Å². The Morgan fingerprint density at radius 3 is 2.55 bits per heavy atom. The van der Waals surface area contributed by atoms with Gasteiger partial charge in [0.05, 0.1) is 0 Å². The van der Waals surface area contributed by atoms with E-state index in [0.717, 1.165) is 0 Å². The van der Waals surface area contributed by atoms with Crippen LogP contribution in [-0.2, 0) is 4.79 Å². The van der Waals surface area contributed by atoms with Gasteiger partial charge in [-0.1, -0.05) is 0 Å². The van der Waals surface area contributed by atoms with Crippen LogP contribution >= 0.6 is 11.6 Å². The maximum Gasteiger partial charge on any atom is 0.235 e. The van der Waals surface area contributed by atoms with Crippen LogP contribution in [0.25, 0.3) is 0 Å². The van der Waals surface area contributed by atoms with Crippen LogP contribution in [0, 0.1) is 5.92 Å². The van der Waals surface area contributed by atoms with Gasteiger partial charge < -0.3 is 5.32 Å². The highest BCUT2D eigenvalue weighted by molar-refractivity contribution is 6.27. The van der Waals surface area contributed by atoms with Gasteiger partial charge in [-0.05, 0) is 32.6 Å². The number of nitrogens with one attached hydrogen (secondary N) is 1. The summed E-state index contributed by atoms with van der Waals surface area (Å²) in [4.78, 5) is 10.9. The minimum atomic E-state index is -0.0661. The van der Waals surface area contributed by atoms with E-state index >= 15 is 0 Å². The molecule has 0 unspecified atom stereocenters.